The molecule has 1 heterocycles. The lowest BCUT2D eigenvalue weighted by atomic mass is 9.68. The van der Waals surface area contributed by atoms with Crippen molar-refractivity contribution in [2.45, 2.75) is 32.7 Å². The van der Waals surface area contributed by atoms with Crippen LogP contribution in [0.3, 0.4) is 0 Å². The maximum absolute atomic E-state index is 11.8. The van der Waals surface area contributed by atoms with Crippen LogP contribution in [0.15, 0.2) is 16.5 Å². The molecule has 0 unspecified atom stereocenters. The third-order valence-corrected chi connectivity index (χ3v) is 3.31. The second kappa shape index (κ2) is 4.29. The molecule has 0 aromatic carbocycles. The molecule has 0 spiro atoms. The number of amides is 1. The molecule has 1 saturated carbocycles. The van der Waals surface area contributed by atoms with Gasteiger partial charge in [0.1, 0.15) is 11.5 Å². The Kier molecular flexibility index (Phi) is 3.01. The first kappa shape index (κ1) is 11.2. The predicted molar refractivity (Wildman–Crippen MR) is 58.7 cm³/mol. The van der Waals surface area contributed by atoms with Crippen LogP contribution in [0.1, 0.15) is 30.8 Å². The molecule has 16 heavy (non-hydrogen) atoms. The van der Waals surface area contributed by atoms with Crippen LogP contribution in [0.4, 0.5) is 0 Å². The van der Waals surface area contributed by atoms with Crippen LogP contribution in [-0.4, -0.2) is 17.6 Å². The van der Waals surface area contributed by atoms with Crippen LogP contribution in [-0.2, 0) is 11.3 Å². The minimum absolute atomic E-state index is 0.0595. The number of nitrogens with one attached hydrogen (secondary N) is 1. The molecule has 0 radical (unpaired) electrons. The van der Waals surface area contributed by atoms with Gasteiger partial charge in [-0.05, 0) is 31.9 Å². The van der Waals surface area contributed by atoms with Gasteiger partial charge in [-0.1, -0.05) is 6.42 Å². The lowest BCUT2D eigenvalue weighted by Crippen LogP contribution is -2.47. The zero-order valence-corrected chi connectivity index (χ0v) is 9.45. The number of hydrogen-bond donors (Lipinski definition) is 2. The Morgan fingerprint density at radius 3 is 2.75 bits per heavy atom. The van der Waals surface area contributed by atoms with Gasteiger partial charge in [0.2, 0.25) is 5.91 Å². The molecule has 0 saturated heterocycles. The molecule has 0 bridgehead atoms. The molecule has 88 valence electrons. The molecular weight excluding hydrogens is 206 g/mol. The highest BCUT2D eigenvalue weighted by Gasteiger charge is 2.43. The Morgan fingerprint density at radius 2 is 2.31 bits per heavy atom. The number of aliphatic hydroxyl groups is 1. The number of aryl methyl sites for hydroxylation is 1. The van der Waals surface area contributed by atoms with Crippen LogP contribution < -0.4 is 5.32 Å². The molecule has 2 N–H and O–H groups in total. The Hall–Kier alpha value is -1.29. The van der Waals surface area contributed by atoms with Crippen molar-refractivity contribution in [1.82, 2.24) is 5.32 Å². The summed E-state index contributed by atoms with van der Waals surface area (Å²) in [6.07, 6.45) is 2.59. The van der Waals surface area contributed by atoms with Crippen molar-refractivity contribution in [2.24, 2.45) is 5.41 Å². The minimum atomic E-state index is -0.526. The van der Waals surface area contributed by atoms with E-state index < -0.39 is 5.41 Å². The predicted octanol–water partition coefficient (Wildman–Crippen LogP) is 1.37. The van der Waals surface area contributed by atoms with Crippen molar-refractivity contribution >= 4 is 5.91 Å². The van der Waals surface area contributed by atoms with E-state index in [0.29, 0.717) is 6.54 Å². The van der Waals surface area contributed by atoms with Crippen LogP contribution >= 0.6 is 0 Å². The number of aliphatic hydroxyl groups excluding tert-OH is 1. The number of hydrogen-bond acceptors (Lipinski definition) is 3. The summed E-state index contributed by atoms with van der Waals surface area (Å²) in [5, 5.41) is 12.0. The van der Waals surface area contributed by atoms with E-state index in [4.69, 9.17) is 4.42 Å². The second-order valence-electron chi connectivity index (χ2n) is 4.49. The van der Waals surface area contributed by atoms with E-state index in [0.717, 1.165) is 30.8 Å². The molecule has 2 rings (SSSR count). The first-order chi connectivity index (χ1) is 7.66. The molecule has 1 aliphatic carbocycles. The van der Waals surface area contributed by atoms with Crippen LogP contribution in [0, 0.1) is 12.3 Å². The number of carbonyl (C=O) groups is 1. The normalized spacial score (nSPS) is 17.9. The SMILES string of the molecule is Cc1ccc(CNC(=O)C2(CO)CCC2)o1. The smallest absolute Gasteiger partial charge is 0.228 e. The molecule has 1 fully saturated rings. The Bertz CT molecular complexity index is 374. The van der Waals surface area contributed by atoms with Gasteiger partial charge in [0.25, 0.3) is 0 Å². The van der Waals surface area contributed by atoms with Gasteiger partial charge < -0.3 is 14.8 Å². The third-order valence-electron chi connectivity index (χ3n) is 3.31. The largest absolute Gasteiger partial charge is 0.465 e. The summed E-state index contributed by atoms with van der Waals surface area (Å²) in [6, 6.07) is 3.72. The first-order valence-electron chi connectivity index (χ1n) is 5.61. The lowest BCUT2D eigenvalue weighted by molar-refractivity contribution is -0.139. The van der Waals surface area contributed by atoms with Gasteiger partial charge in [-0.2, -0.15) is 0 Å². The molecule has 4 heteroatoms. The Balaban J connectivity index is 1.88. The van der Waals surface area contributed by atoms with E-state index in [1.807, 2.05) is 19.1 Å². The van der Waals surface area contributed by atoms with Gasteiger partial charge >= 0.3 is 0 Å². The summed E-state index contributed by atoms with van der Waals surface area (Å²) >= 11 is 0. The maximum atomic E-state index is 11.8. The molecule has 0 aliphatic heterocycles. The summed E-state index contributed by atoms with van der Waals surface area (Å²) in [6.45, 7) is 2.21. The Labute approximate surface area is 94.6 Å². The zero-order chi connectivity index (χ0) is 11.6. The van der Waals surface area contributed by atoms with E-state index in [9.17, 15) is 9.90 Å². The average Bonchev–Trinajstić information content (AvgIpc) is 2.60. The van der Waals surface area contributed by atoms with Crippen LogP contribution in [0.5, 0.6) is 0 Å². The molecule has 1 aliphatic rings. The molecule has 4 nitrogen and oxygen atoms in total. The summed E-state index contributed by atoms with van der Waals surface area (Å²) in [5.74, 6) is 1.53. The van der Waals surface area contributed by atoms with Gasteiger partial charge in [-0.15, -0.1) is 0 Å². The van der Waals surface area contributed by atoms with Crippen molar-refractivity contribution in [3.63, 3.8) is 0 Å². The average molecular weight is 223 g/mol. The van der Waals surface area contributed by atoms with Gasteiger partial charge in [-0.3, -0.25) is 4.79 Å². The molecule has 1 amide bonds. The fraction of sp³-hybridized carbons (Fsp3) is 0.583. The zero-order valence-electron chi connectivity index (χ0n) is 9.45. The highest BCUT2D eigenvalue weighted by Crippen LogP contribution is 2.40. The van der Waals surface area contributed by atoms with Gasteiger partial charge in [-0.25, -0.2) is 0 Å². The van der Waals surface area contributed by atoms with E-state index in [-0.39, 0.29) is 12.5 Å². The van der Waals surface area contributed by atoms with E-state index in [2.05, 4.69) is 5.32 Å². The second-order valence-corrected chi connectivity index (χ2v) is 4.49. The lowest BCUT2D eigenvalue weighted by Gasteiger charge is -2.38. The van der Waals surface area contributed by atoms with E-state index in [1.54, 1.807) is 0 Å². The number of rotatable bonds is 4. The standard InChI is InChI=1S/C12H17NO3/c1-9-3-4-10(16-9)7-13-11(15)12(8-14)5-2-6-12/h3-4,14H,2,5-8H2,1H3,(H,13,15). The highest BCUT2D eigenvalue weighted by atomic mass is 16.3. The van der Waals surface area contributed by atoms with Gasteiger partial charge in [0, 0.05) is 0 Å². The molecule has 1 aromatic heterocycles. The van der Waals surface area contributed by atoms with Crippen LogP contribution in [0.25, 0.3) is 0 Å². The van der Waals surface area contributed by atoms with Gasteiger partial charge in [0.05, 0.1) is 18.6 Å². The molecule has 1 aromatic rings. The summed E-state index contributed by atoms with van der Waals surface area (Å²) in [5.41, 5.74) is -0.526. The highest BCUT2D eigenvalue weighted by molar-refractivity contribution is 5.83. The molecular formula is C12H17NO3. The topological polar surface area (TPSA) is 62.5 Å². The number of carbonyl (C=O) groups excluding carboxylic acids is 1. The van der Waals surface area contributed by atoms with Crippen molar-refractivity contribution < 1.29 is 14.3 Å². The van der Waals surface area contributed by atoms with E-state index in [1.165, 1.54) is 0 Å². The fourth-order valence-electron chi connectivity index (χ4n) is 2.00. The van der Waals surface area contributed by atoms with Crippen molar-refractivity contribution in [2.75, 3.05) is 6.61 Å². The fourth-order valence-corrected chi connectivity index (χ4v) is 2.00. The summed E-state index contributed by atoms with van der Waals surface area (Å²) in [4.78, 5) is 11.8. The van der Waals surface area contributed by atoms with Crippen molar-refractivity contribution in [1.29, 1.82) is 0 Å². The monoisotopic (exact) mass is 223 g/mol. The van der Waals surface area contributed by atoms with E-state index >= 15 is 0 Å². The minimum Gasteiger partial charge on any atom is -0.465 e. The quantitative estimate of drug-likeness (QED) is 0.810. The Morgan fingerprint density at radius 1 is 1.56 bits per heavy atom. The summed E-state index contributed by atoms with van der Waals surface area (Å²) < 4.78 is 5.35. The first-order valence-corrected chi connectivity index (χ1v) is 5.61. The van der Waals surface area contributed by atoms with Gasteiger partial charge in [0.15, 0.2) is 0 Å². The molecule has 0 atom stereocenters. The number of furan rings is 1. The van der Waals surface area contributed by atoms with Crippen LogP contribution in [0.2, 0.25) is 0 Å². The van der Waals surface area contributed by atoms with Crippen molar-refractivity contribution in [3.8, 4) is 0 Å². The summed E-state index contributed by atoms with van der Waals surface area (Å²) in [7, 11) is 0. The van der Waals surface area contributed by atoms with Crippen molar-refractivity contribution in [3.05, 3.63) is 23.7 Å². The third kappa shape index (κ3) is 1.97. The maximum Gasteiger partial charge on any atom is 0.228 e.